The number of nitrogens with two attached hydrogens (primary N) is 1. The van der Waals surface area contributed by atoms with E-state index >= 15 is 0 Å². The number of nitrogens with zero attached hydrogens (tertiary/aromatic N) is 2. The Morgan fingerprint density at radius 1 is 1.33 bits per heavy atom. The first-order chi connectivity index (χ1) is 8.54. The highest BCUT2D eigenvalue weighted by Crippen LogP contribution is 2.18. The summed E-state index contributed by atoms with van der Waals surface area (Å²) in [5.41, 5.74) is 6.08. The molecule has 5 nitrogen and oxygen atoms in total. The van der Waals surface area contributed by atoms with Crippen molar-refractivity contribution in [1.29, 1.82) is 0 Å². The number of imide groups is 1. The van der Waals surface area contributed by atoms with E-state index in [1.807, 2.05) is 0 Å². The zero-order valence-corrected chi connectivity index (χ0v) is 10.0. The molecule has 96 valence electrons. The van der Waals surface area contributed by atoms with Gasteiger partial charge in [-0.25, -0.2) is 9.18 Å². The lowest BCUT2D eigenvalue weighted by molar-refractivity contribution is -0.125. The van der Waals surface area contributed by atoms with Crippen LogP contribution in [-0.4, -0.2) is 35.3 Å². The summed E-state index contributed by atoms with van der Waals surface area (Å²) in [6, 6.07) is 4.39. The Bertz CT molecular complexity index is 504. The monoisotopic (exact) mass is 251 g/mol. The van der Waals surface area contributed by atoms with Crippen LogP contribution in [0.1, 0.15) is 11.1 Å². The lowest BCUT2D eigenvalue weighted by Crippen LogP contribution is -2.31. The summed E-state index contributed by atoms with van der Waals surface area (Å²) in [5, 5.41) is 0. The molecule has 1 fully saturated rings. The molecule has 6 heteroatoms. The predicted octanol–water partition coefficient (Wildman–Crippen LogP) is 0.678. The number of carbonyl (C=O) groups is 2. The predicted molar refractivity (Wildman–Crippen MR) is 62.9 cm³/mol. The fraction of sp³-hybridized carbons (Fsp3) is 0.333. The molecule has 1 aliphatic heterocycles. The Morgan fingerprint density at radius 3 is 2.56 bits per heavy atom. The van der Waals surface area contributed by atoms with E-state index in [1.165, 1.54) is 11.9 Å². The van der Waals surface area contributed by atoms with Gasteiger partial charge in [0.1, 0.15) is 12.4 Å². The fourth-order valence-electron chi connectivity index (χ4n) is 1.91. The molecule has 18 heavy (non-hydrogen) atoms. The van der Waals surface area contributed by atoms with Gasteiger partial charge in [0, 0.05) is 24.7 Å². The molecule has 1 aliphatic rings. The second-order valence-corrected chi connectivity index (χ2v) is 4.21. The van der Waals surface area contributed by atoms with Crippen molar-refractivity contribution in [1.82, 2.24) is 9.80 Å². The van der Waals surface area contributed by atoms with E-state index in [0.717, 1.165) is 4.90 Å². The maximum absolute atomic E-state index is 13.9. The number of rotatable bonds is 3. The molecule has 0 aromatic heterocycles. The summed E-state index contributed by atoms with van der Waals surface area (Å²) in [5.74, 6) is -0.768. The smallest absolute Gasteiger partial charge is 0.326 e. The second-order valence-electron chi connectivity index (χ2n) is 4.21. The molecule has 0 radical (unpaired) electrons. The van der Waals surface area contributed by atoms with Crippen LogP contribution in [0.3, 0.4) is 0 Å². The lowest BCUT2D eigenvalue weighted by Gasteiger charge is -2.15. The van der Waals surface area contributed by atoms with E-state index in [2.05, 4.69) is 0 Å². The molecule has 1 saturated heterocycles. The molecule has 1 aromatic rings. The standard InChI is InChI=1S/C12H14FN3O2/c1-15-7-10(17)16(12(15)18)6-9-4-2-3-8(5-14)11(9)13/h2-4H,5-7,14H2,1H3. The molecule has 3 amide bonds. The average molecular weight is 251 g/mol. The van der Waals surface area contributed by atoms with E-state index < -0.39 is 11.8 Å². The van der Waals surface area contributed by atoms with Crippen LogP contribution < -0.4 is 5.73 Å². The van der Waals surface area contributed by atoms with Gasteiger partial charge in [-0.05, 0) is 0 Å². The third-order valence-corrected chi connectivity index (χ3v) is 2.94. The second kappa shape index (κ2) is 4.73. The minimum Gasteiger partial charge on any atom is -0.326 e. The molecule has 0 saturated carbocycles. The van der Waals surface area contributed by atoms with Gasteiger partial charge in [-0.15, -0.1) is 0 Å². The topological polar surface area (TPSA) is 66.6 Å². The van der Waals surface area contributed by atoms with Gasteiger partial charge in [-0.3, -0.25) is 9.69 Å². The third-order valence-electron chi connectivity index (χ3n) is 2.94. The normalized spacial score (nSPS) is 15.7. The first-order valence-corrected chi connectivity index (χ1v) is 5.56. The van der Waals surface area contributed by atoms with Crippen molar-refractivity contribution in [3.05, 3.63) is 35.1 Å². The maximum Gasteiger partial charge on any atom is 0.327 e. The summed E-state index contributed by atoms with van der Waals surface area (Å²) in [6.07, 6.45) is 0. The Hall–Kier alpha value is -1.95. The van der Waals surface area contributed by atoms with Crippen molar-refractivity contribution in [2.45, 2.75) is 13.1 Å². The number of hydrogen-bond donors (Lipinski definition) is 1. The summed E-state index contributed by atoms with van der Waals surface area (Å²) in [4.78, 5) is 25.6. The molecule has 0 aliphatic carbocycles. The zero-order chi connectivity index (χ0) is 13.3. The summed E-state index contributed by atoms with van der Waals surface area (Å²) >= 11 is 0. The van der Waals surface area contributed by atoms with Crippen molar-refractivity contribution >= 4 is 11.9 Å². The van der Waals surface area contributed by atoms with Crippen LogP contribution in [0.5, 0.6) is 0 Å². The highest BCUT2D eigenvalue weighted by molar-refractivity contribution is 6.01. The van der Waals surface area contributed by atoms with Crippen molar-refractivity contribution < 1.29 is 14.0 Å². The van der Waals surface area contributed by atoms with E-state index in [1.54, 1.807) is 18.2 Å². The van der Waals surface area contributed by atoms with E-state index in [4.69, 9.17) is 5.73 Å². The van der Waals surface area contributed by atoms with Crippen LogP contribution in [-0.2, 0) is 17.9 Å². The SMILES string of the molecule is CN1CC(=O)N(Cc2cccc(CN)c2F)C1=O. The highest BCUT2D eigenvalue weighted by Gasteiger charge is 2.33. The molecule has 2 rings (SSSR count). The quantitative estimate of drug-likeness (QED) is 0.803. The number of amides is 3. The minimum absolute atomic E-state index is 0.0387. The maximum atomic E-state index is 13.9. The molecule has 1 heterocycles. The number of halogens is 1. The Morgan fingerprint density at radius 2 is 2.00 bits per heavy atom. The average Bonchev–Trinajstić information content (AvgIpc) is 2.58. The van der Waals surface area contributed by atoms with Crippen LogP contribution in [0.15, 0.2) is 18.2 Å². The first-order valence-electron chi connectivity index (χ1n) is 5.56. The summed E-state index contributed by atoms with van der Waals surface area (Å²) < 4.78 is 13.9. The van der Waals surface area contributed by atoms with Crippen LogP contribution in [0.4, 0.5) is 9.18 Å². The number of urea groups is 1. The number of likely N-dealkylation sites (N-methyl/N-ethyl adjacent to an activating group) is 1. The van der Waals surface area contributed by atoms with Crippen molar-refractivity contribution in [2.24, 2.45) is 5.73 Å². The lowest BCUT2D eigenvalue weighted by atomic mass is 10.1. The molecular weight excluding hydrogens is 237 g/mol. The zero-order valence-electron chi connectivity index (χ0n) is 10.0. The largest absolute Gasteiger partial charge is 0.327 e. The Balaban J connectivity index is 2.25. The van der Waals surface area contributed by atoms with Crippen LogP contribution in [0, 0.1) is 5.82 Å². The van der Waals surface area contributed by atoms with Gasteiger partial charge in [0.05, 0.1) is 6.54 Å². The van der Waals surface area contributed by atoms with Gasteiger partial charge >= 0.3 is 6.03 Å². The van der Waals surface area contributed by atoms with Gasteiger partial charge < -0.3 is 10.6 Å². The highest BCUT2D eigenvalue weighted by atomic mass is 19.1. The van der Waals surface area contributed by atoms with Crippen molar-refractivity contribution in [3.8, 4) is 0 Å². The molecule has 0 unspecified atom stereocenters. The number of carbonyl (C=O) groups excluding carboxylic acids is 2. The molecule has 0 bridgehead atoms. The van der Waals surface area contributed by atoms with Gasteiger partial charge in [0.15, 0.2) is 0 Å². The number of hydrogen-bond acceptors (Lipinski definition) is 3. The van der Waals surface area contributed by atoms with E-state index in [9.17, 15) is 14.0 Å². The van der Waals surface area contributed by atoms with E-state index in [0.29, 0.717) is 11.1 Å². The van der Waals surface area contributed by atoms with Gasteiger partial charge in [0.2, 0.25) is 0 Å². The molecule has 0 atom stereocenters. The molecule has 0 spiro atoms. The third kappa shape index (κ3) is 2.06. The molecular formula is C12H14FN3O2. The first kappa shape index (κ1) is 12.5. The van der Waals surface area contributed by atoms with Crippen LogP contribution in [0.2, 0.25) is 0 Å². The van der Waals surface area contributed by atoms with Crippen LogP contribution >= 0.6 is 0 Å². The number of benzene rings is 1. The fourth-order valence-corrected chi connectivity index (χ4v) is 1.91. The summed E-state index contributed by atoms with van der Waals surface area (Å²) in [6.45, 7) is 0.0696. The van der Waals surface area contributed by atoms with Crippen molar-refractivity contribution in [2.75, 3.05) is 13.6 Å². The van der Waals surface area contributed by atoms with Gasteiger partial charge in [0.25, 0.3) is 5.91 Å². The Kier molecular flexibility index (Phi) is 3.29. The van der Waals surface area contributed by atoms with Gasteiger partial charge in [-0.2, -0.15) is 0 Å². The van der Waals surface area contributed by atoms with Crippen molar-refractivity contribution in [3.63, 3.8) is 0 Å². The van der Waals surface area contributed by atoms with Crippen LogP contribution in [0.25, 0.3) is 0 Å². The Labute approximate surface area is 104 Å². The molecule has 1 aromatic carbocycles. The summed E-state index contributed by atoms with van der Waals surface area (Å²) in [7, 11) is 1.53. The minimum atomic E-state index is -0.449. The van der Waals surface area contributed by atoms with E-state index in [-0.39, 0.29) is 25.5 Å². The molecule has 2 N–H and O–H groups in total. The van der Waals surface area contributed by atoms with Gasteiger partial charge in [-0.1, -0.05) is 18.2 Å².